The van der Waals surface area contributed by atoms with E-state index in [-0.39, 0.29) is 0 Å². The summed E-state index contributed by atoms with van der Waals surface area (Å²) in [5.74, 6) is 0. The Balaban J connectivity index is 0.000000112. The summed E-state index contributed by atoms with van der Waals surface area (Å²) in [6.07, 6.45) is 4.85. The first-order valence-corrected chi connectivity index (χ1v) is 4.18. The second-order valence-corrected chi connectivity index (χ2v) is 2.53. The third-order valence-corrected chi connectivity index (χ3v) is 1.55. The van der Waals surface area contributed by atoms with Crippen molar-refractivity contribution in [2.75, 3.05) is 32.8 Å². The molecule has 11 heavy (non-hydrogen) atoms. The number of piperazine rings is 1. The van der Waals surface area contributed by atoms with E-state index in [1.807, 2.05) is 6.08 Å². The molecule has 0 aromatic rings. The fourth-order valence-electron chi connectivity index (χ4n) is 0.944. The van der Waals surface area contributed by atoms with E-state index >= 15 is 0 Å². The first-order chi connectivity index (χ1) is 5.50. The molecule has 0 saturated carbocycles. The van der Waals surface area contributed by atoms with Crippen molar-refractivity contribution >= 4 is 0 Å². The van der Waals surface area contributed by atoms with Crippen molar-refractivity contribution in [2.45, 2.75) is 6.42 Å². The zero-order chi connectivity index (χ0) is 7.78. The highest BCUT2D eigenvalue weighted by Crippen LogP contribution is 1.93. The van der Waals surface area contributed by atoms with Gasteiger partial charge in [0, 0.05) is 32.6 Å². The van der Waals surface area contributed by atoms with Gasteiger partial charge in [0.15, 0.2) is 0 Å². The van der Waals surface area contributed by atoms with Crippen molar-refractivity contribution in [1.82, 2.24) is 10.6 Å². The maximum atomic E-state index is 4.76. The van der Waals surface area contributed by atoms with Gasteiger partial charge in [-0.3, -0.25) is 0 Å². The fourth-order valence-corrected chi connectivity index (χ4v) is 0.944. The lowest BCUT2D eigenvalue weighted by atomic mass is 10.4. The first-order valence-electron chi connectivity index (χ1n) is 4.18. The monoisotopic (exact) mass is 156 g/mol. The van der Waals surface area contributed by atoms with Gasteiger partial charge in [-0.05, 0) is 6.08 Å². The molecule has 0 atom stereocenters. The molecule has 2 aliphatic rings. The van der Waals surface area contributed by atoms with Gasteiger partial charge in [-0.1, -0.05) is 0 Å². The fraction of sp³-hybridized carbons (Fsp3) is 0.750. The number of hydrogen-bond acceptors (Lipinski definition) is 3. The SMILES string of the molecule is C1=COCC1.C1CNCCN1. The minimum Gasteiger partial charge on any atom is -0.501 e. The molecule has 0 aliphatic carbocycles. The Kier molecular flexibility index (Phi) is 4.81. The standard InChI is InChI=1S/C4H10N2.C4H6O/c1-2-6-4-3-5-1;1-2-4-5-3-1/h5-6H,1-4H2;1,3H,2,4H2. The van der Waals surface area contributed by atoms with E-state index in [0.717, 1.165) is 39.2 Å². The molecule has 2 rings (SSSR count). The van der Waals surface area contributed by atoms with Crippen LogP contribution in [0.25, 0.3) is 0 Å². The third-order valence-electron chi connectivity index (χ3n) is 1.55. The second-order valence-electron chi connectivity index (χ2n) is 2.53. The molecule has 0 bridgehead atoms. The van der Waals surface area contributed by atoms with E-state index in [9.17, 15) is 0 Å². The smallest absolute Gasteiger partial charge is 0.0908 e. The molecule has 64 valence electrons. The zero-order valence-electron chi connectivity index (χ0n) is 6.81. The van der Waals surface area contributed by atoms with Gasteiger partial charge >= 0.3 is 0 Å². The normalized spacial score (nSPS) is 21.8. The van der Waals surface area contributed by atoms with Gasteiger partial charge in [0.25, 0.3) is 0 Å². The molecule has 3 nitrogen and oxygen atoms in total. The van der Waals surface area contributed by atoms with Crippen molar-refractivity contribution in [1.29, 1.82) is 0 Å². The lowest BCUT2D eigenvalue weighted by Gasteiger charge is -2.11. The summed E-state index contributed by atoms with van der Waals surface area (Å²) >= 11 is 0. The predicted octanol–water partition coefficient (Wildman–Crippen LogP) is 0.0996. The van der Waals surface area contributed by atoms with Crippen LogP contribution in [-0.4, -0.2) is 32.8 Å². The largest absolute Gasteiger partial charge is 0.501 e. The molecule has 1 fully saturated rings. The number of rotatable bonds is 0. The van der Waals surface area contributed by atoms with E-state index in [2.05, 4.69) is 10.6 Å². The van der Waals surface area contributed by atoms with E-state index in [1.54, 1.807) is 6.26 Å². The van der Waals surface area contributed by atoms with Gasteiger partial charge in [0.2, 0.25) is 0 Å². The van der Waals surface area contributed by atoms with E-state index < -0.39 is 0 Å². The molecule has 0 radical (unpaired) electrons. The first kappa shape index (κ1) is 8.56. The van der Waals surface area contributed by atoms with E-state index in [0.29, 0.717) is 0 Å². The van der Waals surface area contributed by atoms with Crippen LogP contribution < -0.4 is 10.6 Å². The Morgan fingerprint density at radius 3 is 1.82 bits per heavy atom. The van der Waals surface area contributed by atoms with Crippen LogP contribution in [0.15, 0.2) is 12.3 Å². The van der Waals surface area contributed by atoms with E-state index in [1.165, 1.54) is 0 Å². The summed E-state index contributed by atoms with van der Waals surface area (Å²) in [4.78, 5) is 0. The molecule has 2 aliphatic heterocycles. The Morgan fingerprint density at radius 1 is 1.00 bits per heavy atom. The second kappa shape index (κ2) is 6.19. The maximum Gasteiger partial charge on any atom is 0.0908 e. The molecule has 0 unspecified atom stereocenters. The predicted molar refractivity (Wildman–Crippen MR) is 45.4 cm³/mol. The molecule has 2 heterocycles. The van der Waals surface area contributed by atoms with Crippen LogP contribution >= 0.6 is 0 Å². The Labute approximate surface area is 67.8 Å². The van der Waals surface area contributed by atoms with Crippen LogP contribution in [0, 0.1) is 0 Å². The molecule has 3 heteroatoms. The van der Waals surface area contributed by atoms with Crippen LogP contribution in [-0.2, 0) is 4.74 Å². The van der Waals surface area contributed by atoms with Gasteiger partial charge in [-0.2, -0.15) is 0 Å². The quantitative estimate of drug-likeness (QED) is 0.522. The number of ether oxygens (including phenoxy) is 1. The lowest BCUT2D eigenvalue weighted by molar-refractivity contribution is 0.281. The maximum absolute atomic E-state index is 4.76. The Morgan fingerprint density at radius 2 is 1.64 bits per heavy atom. The summed E-state index contributed by atoms with van der Waals surface area (Å²) < 4.78 is 4.76. The minimum atomic E-state index is 0.889. The lowest BCUT2D eigenvalue weighted by Crippen LogP contribution is -2.39. The van der Waals surface area contributed by atoms with Gasteiger partial charge in [-0.25, -0.2) is 0 Å². The minimum absolute atomic E-state index is 0.889. The summed E-state index contributed by atoms with van der Waals surface area (Å²) in [6.45, 7) is 5.44. The van der Waals surface area contributed by atoms with Crippen LogP contribution in [0.3, 0.4) is 0 Å². The molecular weight excluding hydrogens is 140 g/mol. The van der Waals surface area contributed by atoms with Crippen LogP contribution in [0.5, 0.6) is 0 Å². The Bertz CT molecular complexity index is 93.1. The summed E-state index contributed by atoms with van der Waals surface area (Å²) in [7, 11) is 0. The highest BCUT2D eigenvalue weighted by molar-refractivity contribution is 4.78. The Hall–Kier alpha value is -0.540. The van der Waals surface area contributed by atoms with Gasteiger partial charge in [0.1, 0.15) is 0 Å². The highest BCUT2D eigenvalue weighted by Gasteiger charge is 1.91. The van der Waals surface area contributed by atoms with Crippen molar-refractivity contribution in [2.24, 2.45) is 0 Å². The van der Waals surface area contributed by atoms with Gasteiger partial charge in [-0.15, -0.1) is 0 Å². The van der Waals surface area contributed by atoms with Crippen molar-refractivity contribution in [3.63, 3.8) is 0 Å². The molecule has 0 aromatic heterocycles. The molecule has 0 spiro atoms. The van der Waals surface area contributed by atoms with Crippen LogP contribution in [0.1, 0.15) is 6.42 Å². The molecule has 0 amide bonds. The van der Waals surface area contributed by atoms with Gasteiger partial charge < -0.3 is 15.4 Å². The van der Waals surface area contributed by atoms with Crippen LogP contribution in [0.4, 0.5) is 0 Å². The van der Waals surface area contributed by atoms with Crippen molar-refractivity contribution in [3.8, 4) is 0 Å². The zero-order valence-corrected chi connectivity index (χ0v) is 6.81. The third kappa shape index (κ3) is 4.81. The summed E-state index contributed by atoms with van der Waals surface area (Å²) in [5, 5.41) is 6.44. The van der Waals surface area contributed by atoms with E-state index in [4.69, 9.17) is 4.74 Å². The molecular formula is C8H16N2O. The highest BCUT2D eigenvalue weighted by atomic mass is 16.5. The van der Waals surface area contributed by atoms with Gasteiger partial charge in [0.05, 0.1) is 12.9 Å². The average Bonchev–Trinajstić information content (AvgIpc) is 2.64. The topological polar surface area (TPSA) is 33.3 Å². The van der Waals surface area contributed by atoms with Crippen molar-refractivity contribution in [3.05, 3.63) is 12.3 Å². The number of hydrogen-bond donors (Lipinski definition) is 2. The summed E-state index contributed by atoms with van der Waals surface area (Å²) in [5.41, 5.74) is 0. The number of nitrogens with one attached hydrogen (secondary N) is 2. The summed E-state index contributed by atoms with van der Waals surface area (Å²) in [6, 6.07) is 0. The molecule has 0 aromatic carbocycles. The van der Waals surface area contributed by atoms with Crippen molar-refractivity contribution < 1.29 is 4.74 Å². The van der Waals surface area contributed by atoms with Crippen LogP contribution in [0.2, 0.25) is 0 Å². The molecule has 2 N–H and O–H groups in total. The average molecular weight is 156 g/mol. The molecule has 1 saturated heterocycles.